The first-order valence-corrected chi connectivity index (χ1v) is 7.44. The van der Waals surface area contributed by atoms with E-state index in [9.17, 15) is 19.2 Å². The van der Waals surface area contributed by atoms with Crippen LogP contribution in [0.5, 0.6) is 0 Å². The smallest absolute Gasteiger partial charge is 0.344 e. The third-order valence-corrected chi connectivity index (χ3v) is 3.16. The third-order valence-electron chi connectivity index (χ3n) is 3.16. The van der Waals surface area contributed by atoms with Crippen molar-refractivity contribution >= 4 is 29.2 Å². The van der Waals surface area contributed by atoms with Crippen LogP contribution in [0.15, 0.2) is 47.4 Å². The fourth-order valence-electron chi connectivity index (χ4n) is 1.94. The molecule has 0 unspecified atom stereocenters. The van der Waals surface area contributed by atoms with E-state index in [1.807, 2.05) is 0 Å². The summed E-state index contributed by atoms with van der Waals surface area (Å²) >= 11 is 0. The molecular formula is C17H17N3O5. The van der Waals surface area contributed by atoms with Crippen LogP contribution in [0.25, 0.3) is 0 Å². The molecular weight excluding hydrogens is 326 g/mol. The molecule has 0 spiro atoms. The van der Waals surface area contributed by atoms with Crippen molar-refractivity contribution in [3.05, 3.63) is 58.5 Å². The van der Waals surface area contributed by atoms with Crippen molar-refractivity contribution in [2.75, 3.05) is 10.6 Å². The van der Waals surface area contributed by atoms with Crippen molar-refractivity contribution in [1.29, 1.82) is 0 Å². The molecule has 0 bridgehead atoms. The van der Waals surface area contributed by atoms with Gasteiger partial charge in [0.2, 0.25) is 5.91 Å². The van der Waals surface area contributed by atoms with Gasteiger partial charge in [-0.15, -0.1) is 0 Å². The Morgan fingerprint density at radius 3 is 2.20 bits per heavy atom. The minimum absolute atomic E-state index is 0.179. The Morgan fingerprint density at radius 1 is 1.04 bits per heavy atom. The normalized spacial score (nSPS) is 11.3. The van der Waals surface area contributed by atoms with Gasteiger partial charge in [-0.2, -0.15) is 0 Å². The number of hydrogen-bond acceptors (Lipinski definition) is 5. The highest BCUT2D eigenvalue weighted by Crippen LogP contribution is 2.14. The van der Waals surface area contributed by atoms with Crippen LogP contribution in [-0.4, -0.2) is 28.9 Å². The predicted octanol–water partition coefficient (Wildman–Crippen LogP) is 1.52. The number of benzene rings is 1. The highest BCUT2D eigenvalue weighted by molar-refractivity contribution is 5.97. The molecule has 0 aliphatic heterocycles. The van der Waals surface area contributed by atoms with Crippen LogP contribution in [0.3, 0.4) is 0 Å². The number of anilines is 2. The molecule has 0 saturated heterocycles. The van der Waals surface area contributed by atoms with E-state index in [1.54, 1.807) is 24.3 Å². The topological polar surface area (TPSA) is 117 Å². The minimum atomic E-state index is -1.10. The van der Waals surface area contributed by atoms with Crippen LogP contribution in [0.1, 0.15) is 24.2 Å². The number of amides is 2. The summed E-state index contributed by atoms with van der Waals surface area (Å²) in [5.74, 6) is -1.63. The monoisotopic (exact) mass is 343 g/mol. The molecule has 25 heavy (non-hydrogen) atoms. The molecule has 8 heteroatoms. The maximum absolute atomic E-state index is 12.1. The van der Waals surface area contributed by atoms with Crippen LogP contribution in [0.4, 0.5) is 11.4 Å². The number of aromatic nitrogens is 1. The van der Waals surface area contributed by atoms with Crippen LogP contribution >= 0.6 is 0 Å². The first-order valence-electron chi connectivity index (χ1n) is 7.44. The van der Waals surface area contributed by atoms with Crippen molar-refractivity contribution in [3.63, 3.8) is 0 Å². The lowest BCUT2D eigenvalue weighted by Gasteiger charge is -2.13. The second-order valence-electron chi connectivity index (χ2n) is 5.21. The fraction of sp³-hybridized carbons (Fsp3) is 0.176. The lowest BCUT2D eigenvalue weighted by Crippen LogP contribution is -2.31. The number of H-pyrrole nitrogens is 1. The molecule has 0 radical (unpaired) electrons. The number of nitrogens with one attached hydrogen (secondary N) is 3. The molecule has 0 fully saturated rings. The molecule has 1 heterocycles. The second kappa shape index (κ2) is 7.91. The van der Waals surface area contributed by atoms with E-state index in [2.05, 4.69) is 15.6 Å². The summed E-state index contributed by atoms with van der Waals surface area (Å²) in [5, 5.41) is 5.18. The van der Waals surface area contributed by atoms with E-state index >= 15 is 0 Å². The van der Waals surface area contributed by atoms with Crippen LogP contribution < -0.4 is 16.2 Å². The Labute approximate surface area is 143 Å². The summed E-state index contributed by atoms with van der Waals surface area (Å²) < 4.78 is 5.00. The number of pyridine rings is 1. The van der Waals surface area contributed by atoms with Gasteiger partial charge in [0.15, 0.2) is 6.10 Å². The van der Waals surface area contributed by atoms with Gasteiger partial charge in [-0.05, 0) is 43.3 Å². The Morgan fingerprint density at radius 2 is 1.64 bits per heavy atom. The van der Waals surface area contributed by atoms with Crippen molar-refractivity contribution in [2.45, 2.75) is 20.0 Å². The highest BCUT2D eigenvalue weighted by Gasteiger charge is 2.20. The molecule has 1 aromatic heterocycles. The average molecular weight is 343 g/mol. The molecule has 130 valence electrons. The van der Waals surface area contributed by atoms with E-state index in [0.717, 1.165) is 0 Å². The molecule has 2 aromatic rings. The SMILES string of the molecule is CC(=O)Nc1ccc(NC(=O)[C@@H](C)OC(=O)c2ccc[nH]c2=O)cc1. The molecule has 0 aliphatic carbocycles. The van der Waals surface area contributed by atoms with Crippen LogP contribution in [0.2, 0.25) is 0 Å². The lowest BCUT2D eigenvalue weighted by molar-refractivity contribution is -0.123. The summed E-state index contributed by atoms with van der Waals surface area (Å²) in [7, 11) is 0. The number of carbonyl (C=O) groups is 3. The fourth-order valence-corrected chi connectivity index (χ4v) is 1.94. The Bertz CT molecular complexity index is 842. The van der Waals surface area contributed by atoms with Gasteiger partial charge in [0.25, 0.3) is 11.5 Å². The van der Waals surface area contributed by atoms with E-state index in [-0.39, 0.29) is 11.5 Å². The van der Waals surface area contributed by atoms with Crippen LogP contribution in [0, 0.1) is 0 Å². The number of ether oxygens (including phenoxy) is 1. The van der Waals surface area contributed by atoms with Gasteiger partial charge in [-0.1, -0.05) is 0 Å². The first-order chi connectivity index (χ1) is 11.9. The summed E-state index contributed by atoms with van der Waals surface area (Å²) in [5.41, 5.74) is 0.295. The van der Waals surface area contributed by atoms with Crippen molar-refractivity contribution in [1.82, 2.24) is 4.98 Å². The molecule has 0 aliphatic rings. The van der Waals surface area contributed by atoms with Gasteiger partial charge in [0.1, 0.15) is 5.56 Å². The molecule has 2 rings (SSSR count). The maximum Gasteiger partial charge on any atom is 0.344 e. The van der Waals surface area contributed by atoms with Crippen LogP contribution in [-0.2, 0) is 14.3 Å². The third kappa shape index (κ3) is 5.03. The molecule has 1 aromatic carbocycles. The summed E-state index contributed by atoms with van der Waals surface area (Å²) in [4.78, 5) is 48.8. The number of hydrogen-bond donors (Lipinski definition) is 3. The second-order valence-corrected chi connectivity index (χ2v) is 5.21. The molecule has 3 N–H and O–H groups in total. The molecule has 1 atom stereocenters. The average Bonchev–Trinajstić information content (AvgIpc) is 2.56. The standard InChI is InChI=1S/C17H17N3O5/c1-10(25-17(24)14-4-3-9-18-16(14)23)15(22)20-13-7-5-12(6-8-13)19-11(2)21/h3-10H,1-2H3,(H,18,23)(H,19,21)(H,20,22)/t10-/m1/s1. The zero-order chi connectivity index (χ0) is 18.4. The quantitative estimate of drug-likeness (QED) is 0.712. The zero-order valence-corrected chi connectivity index (χ0v) is 13.7. The van der Waals surface area contributed by atoms with Crippen molar-refractivity contribution < 1.29 is 19.1 Å². The Kier molecular flexibility index (Phi) is 5.67. The van der Waals surface area contributed by atoms with Crippen molar-refractivity contribution in [3.8, 4) is 0 Å². The summed E-state index contributed by atoms with van der Waals surface area (Å²) in [6.45, 7) is 2.79. The summed E-state index contributed by atoms with van der Waals surface area (Å²) in [6.07, 6.45) is 0.294. The Hall–Kier alpha value is -3.42. The number of aromatic amines is 1. The molecule has 2 amide bonds. The number of esters is 1. The van der Waals surface area contributed by atoms with E-state index in [0.29, 0.717) is 11.4 Å². The number of rotatable bonds is 5. The van der Waals surface area contributed by atoms with E-state index < -0.39 is 23.5 Å². The lowest BCUT2D eigenvalue weighted by atomic mass is 10.2. The predicted molar refractivity (Wildman–Crippen MR) is 91.3 cm³/mol. The molecule has 8 nitrogen and oxygen atoms in total. The van der Waals surface area contributed by atoms with Gasteiger partial charge in [0, 0.05) is 24.5 Å². The first kappa shape index (κ1) is 17.9. The van der Waals surface area contributed by atoms with E-state index in [4.69, 9.17) is 4.74 Å². The van der Waals surface area contributed by atoms with Gasteiger partial charge in [0.05, 0.1) is 0 Å². The largest absolute Gasteiger partial charge is 0.449 e. The maximum atomic E-state index is 12.1. The van der Waals surface area contributed by atoms with Gasteiger partial charge >= 0.3 is 5.97 Å². The van der Waals surface area contributed by atoms with Gasteiger partial charge in [-0.3, -0.25) is 14.4 Å². The highest BCUT2D eigenvalue weighted by atomic mass is 16.5. The van der Waals surface area contributed by atoms with Gasteiger partial charge < -0.3 is 20.4 Å². The Balaban J connectivity index is 1.96. The zero-order valence-electron chi connectivity index (χ0n) is 13.7. The molecule has 0 saturated carbocycles. The van der Waals surface area contributed by atoms with E-state index in [1.165, 1.54) is 32.2 Å². The minimum Gasteiger partial charge on any atom is -0.449 e. The van der Waals surface area contributed by atoms with Crippen molar-refractivity contribution in [2.24, 2.45) is 0 Å². The number of carbonyl (C=O) groups excluding carboxylic acids is 3. The summed E-state index contributed by atoms with van der Waals surface area (Å²) in [6, 6.07) is 9.24. The van der Waals surface area contributed by atoms with Gasteiger partial charge in [-0.25, -0.2) is 4.79 Å².